The molecule has 0 rings (SSSR count). The molecule has 0 spiro atoms. The molecule has 1 unspecified atom stereocenters. The van der Waals surface area contributed by atoms with E-state index in [1.54, 1.807) is 6.92 Å². The van der Waals surface area contributed by atoms with E-state index >= 15 is 0 Å². The van der Waals surface area contributed by atoms with Gasteiger partial charge in [-0.1, -0.05) is 27.7 Å². The van der Waals surface area contributed by atoms with Gasteiger partial charge in [0.15, 0.2) is 0 Å². The van der Waals surface area contributed by atoms with Gasteiger partial charge in [-0.25, -0.2) is 4.72 Å². The Hall–Kier alpha value is -0.660. The summed E-state index contributed by atoms with van der Waals surface area (Å²) in [5, 5.41) is 8.75. The Bertz CT molecular complexity index is 346. The maximum Gasteiger partial charge on any atom is 0.304 e. The van der Waals surface area contributed by atoms with Crippen molar-refractivity contribution in [1.29, 1.82) is 0 Å². The van der Waals surface area contributed by atoms with Gasteiger partial charge in [-0.3, -0.25) is 4.79 Å². The molecule has 0 aromatic rings. The second kappa shape index (κ2) is 6.32. The molecule has 0 saturated heterocycles. The zero-order valence-electron chi connectivity index (χ0n) is 10.8. The molecule has 1 atom stereocenters. The topological polar surface area (TPSA) is 95.5 Å². The van der Waals surface area contributed by atoms with Crippen LogP contribution in [0.25, 0.3) is 0 Å². The van der Waals surface area contributed by atoms with Crippen LogP contribution in [0.2, 0.25) is 0 Å². The van der Waals surface area contributed by atoms with Gasteiger partial charge in [0.1, 0.15) is 0 Å². The van der Waals surface area contributed by atoms with Crippen LogP contribution in [0.15, 0.2) is 0 Å². The standard InChI is InChI=1S/C10H22N2O4S/c1-5-11-17(15,16)12-8(6-9(13)14)7-10(2,3)4/h8,11-12H,5-7H2,1-4H3,(H,13,14). The van der Waals surface area contributed by atoms with Crippen molar-refractivity contribution in [2.45, 2.75) is 46.6 Å². The fraction of sp³-hybridized carbons (Fsp3) is 0.900. The first kappa shape index (κ1) is 16.3. The average Bonchev–Trinajstić information content (AvgIpc) is 1.96. The molecule has 7 heteroatoms. The molecule has 17 heavy (non-hydrogen) atoms. The molecule has 0 heterocycles. The highest BCUT2D eigenvalue weighted by Crippen LogP contribution is 2.22. The molecule has 0 aliphatic rings. The number of carbonyl (C=O) groups is 1. The Morgan fingerprint density at radius 1 is 1.35 bits per heavy atom. The molecule has 6 nitrogen and oxygen atoms in total. The molecule has 0 aliphatic heterocycles. The number of rotatable bonds is 7. The van der Waals surface area contributed by atoms with E-state index in [0.29, 0.717) is 6.42 Å². The predicted octanol–water partition coefficient (Wildman–Crippen LogP) is 0.710. The first-order valence-corrected chi connectivity index (χ1v) is 7.03. The fourth-order valence-corrected chi connectivity index (χ4v) is 2.63. The Morgan fingerprint density at radius 2 is 1.88 bits per heavy atom. The number of hydrogen-bond donors (Lipinski definition) is 3. The molecular formula is C10H22N2O4S. The molecule has 0 amide bonds. The zero-order valence-corrected chi connectivity index (χ0v) is 11.6. The molecule has 0 aromatic carbocycles. The maximum absolute atomic E-state index is 11.5. The lowest BCUT2D eigenvalue weighted by atomic mass is 9.87. The van der Waals surface area contributed by atoms with Crippen molar-refractivity contribution in [3.8, 4) is 0 Å². The number of hydrogen-bond acceptors (Lipinski definition) is 3. The Kier molecular flexibility index (Phi) is 6.08. The maximum atomic E-state index is 11.5. The first-order valence-electron chi connectivity index (χ1n) is 5.54. The quantitative estimate of drug-likeness (QED) is 0.632. The molecule has 0 fully saturated rings. The summed E-state index contributed by atoms with van der Waals surface area (Å²) in [5.74, 6) is -1.02. The van der Waals surface area contributed by atoms with Gasteiger partial charge in [0, 0.05) is 12.6 Å². The normalized spacial score (nSPS) is 14.6. The summed E-state index contributed by atoms with van der Waals surface area (Å²) in [5.41, 5.74) is -0.144. The molecule has 0 aliphatic carbocycles. The van der Waals surface area contributed by atoms with E-state index in [1.807, 2.05) is 20.8 Å². The highest BCUT2D eigenvalue weighted by Gasteiger charge is 2.24. The molecular weight excluding hydrogens is 244 g/mol. The van der Waals surface area contributed by atoms with E-state index in [-0.39, 0.29) is 18.4 Å². The minimum absolute atomic E-state index is 0.144. The van der Waals surface area contributed by atoms with E-state index in [0.717, 1.165) is 0 Å². The van der Waals surface area contributed by atoms with Gasteiger partial charge in [-0.05, 0) is 11.8 Å². The van der Waals surface area contributed by atoms with Crippen molar-refractivity contribution in [2.24, 2.45) is 5.41 Å². The molecule has 0 saturated carbocycles. The van der Waals surface area contributed by atoms with E-state index in [9.17, 15) is 13.2 Å². The highest BCUT2D eigenvalue weighted by atomic mass is 32.2. The van der Waals surface area contributed by atoms with Crippen LogP contribution in [0.1, 0.15) is 40.5 Å². The SMILES string of the molecule is CCNS(=O)(=O)NC(CC(=O)O)CC(C)(C)C. The van der Waals surface area contributed by atoms with Crippen molar-refractivity contribution in [3.63, 3.8) is 0 Å². The van der Waals surface area contributed by atoms with Gasteiger partial charge in [-0.2, -0.15) is 13.1 Å². The summed E-state index contributed by atoms with van der Waals surface area (Å²) in [6, 6.07) is -0.600. The molecule has 3 N–H and O–H groups in total. The molecule has 102 valence electrons. The van der Waals surface area contributed by atoms with Crippen molar-refractivity contribution in [1.82, 2.24) is 9.44 Å². The summed E-state index contributed by atoms with van der Waals surface area (Å²) < 4.78 is 27.6. The zero-order chi connectivity index (χ0) is 13.7. The van der Waals surface area contributed by atoms with Crippen molar-refractivity contribution >= 4 is 16.2 Å². The lowest BCUT2D eigenvalue weighted by molar-refractivity contribution is -0.137. The predicted molar refractivity (Wildman–Crippen MR) is 65.8 cm³/mol. The van der Waals surface area contributed by atoms with Crippen molar-refractivity contribution < 1.29 is 18.3 Å². The first-order chi connectivity index (χ1) is 7.56. The van der Waals surface area contributed by atoms with Gasteiger partial charge < -0.3 is 5.11 Å². The van der Waals surface area contributed by atoms with Crippen LogP contribution < -0.4 is 9.44 Å². The lowest BCUT2D eigenvalue weighted by Gasteiger charge is -2.25. The van der Waals surface area contributed by atoms with Crippen LogP contribution in [0.4, 0.5) is 0 Å². The fourth-order valence-electron chi connectivity index (χ4n) is 1.56. The Morgan fingerprint density at radius 3 is 2.24 bits per heavy atom. The van der Waals surface area contributed by atoms with Gasteiger partial charge in [0.2, 0.25) is 0 Å². The van der Waals surface area contributed by atoms with Gasteiger partial charge in [0.05, 0.1) is 6.42 Å². The molecule has 0 aromatic heterocycles. The van der Waals surface area contributed by atoms with Crippen LogP contribution in [0.3, 0.4) is 0 Å². The smallest absolute Gasteiger partial charge is 0.304 e. The van der Waals surface area contributed by atoms with Crippen LogP contribution in [-0.2, 0) is 15.0 Å². The highest BCUT2D eigenvalue weighted by molar-refractivity contribution is 7.87. The van der Waals surface area contributed by atoms with Crippen LogP contribution in [-0.4, -0.2) is 32.1 Å². The van der Waals surface area contributed by atoms with Crippen molar-refractivity contribution in [2.75, 3.05) is 6.54 Å². The van der Waals surface area contributed by atoms with E-state index in [2.05, 4.69) is 9.44 Å². The van der Waals surface area contributed by atoms with Gasteiger partial charge in [0.25, 0.3) is 10.2 Å². The largest absolute Gasteiger partial charge is 0.481 e. The Balaban J connectivity index is 4.65. The third-order valence-electron chi connectivity index (χ3n) is 1.94. The minimum Gasteiger partial charge on any atom is -0.481 e. The van der Waals surface area contributed by atoms with Crippen molar-refractivity contribution in [3.05, 3.63) is 0 Å². The molecule has 0 bridgehead atoms. The van der Waals surface area contributed by atoms with Gasteiger partial charge in [-0.15, -0.1) is 0 Å². The number of aliphatic carboxylic acids is 1. The molecule has 0 radical (unpaired) electrons. The third-order valence-corrected chi connectivity index (χ3v) is 3.25. The van der Waals surface area contributed by atoms with E-state index in [4.69, 9.17) is 5.11 Å². The summed E-state index contributed by atoms with van der Waals surface area (Å²) in [7, 11) is -3.61. The number of carboxylic acids is 1. The summed E-state index contributed by atoms with van der Waals surface area (Å²) in [4.78, 5) is 10.7. The summed E-state index contributed by atoms with van der Waals surface area (Å²) in [6.07, 6.45) is 0.242. The average molecular weight is 266 g/mol. The monoisotopic (exact) mass is 266 g/mol. The van der Waals surface area contributed by atoms with Gasteiger partial charge >= 0.3 is 5.97 Å². The van der Waals surface area contributed by atoms with Crippen LogP contribution >= 0.6 is 0 Å². The minimum atomic E-state index is -3.61. The summed E-state index contributed by atoms with van der Waals surface area (Å²) in [6.45, 7) is 7.73. The lowest BCUT2D eigenvalue weighted by Crippen LogP contribution is -2.44. The summed E-state index contributed by atoms with van der Waals surface area (Å²) >= 11 is 0. The van der Waals surface area contributed by atoms with E-state index < -0.39 is 22.2 Å². The number of carboxylic acid groups (broad SMARTS) is 1. The third kappa shape index (κ3) is 9.08. The Labute approximate surface area is 103 Å². The van der Waals surface area contributed by atoms with Crippen LogP contribution in [0, 0.1) is 5.41 Å². The number of nitrogens with one attached hydrogen (secondary N) is 2. The van der Waals surface area contributed by atoms with Crippen LogP contribution in [0.5, 0.6) is 0 Å². The second-order valence-corrected chi connectivity index (χ2v) is 6.71. The van der Waals surface area contributed by atoms with E-state index in [1.165, 1.54) is 0 Å². The second-order valence-electron chi connectivity index (χ2n) is 5.18.